The van der Waals surface area contributed by atoms with Crippen LogP contribution in [0.3, 0.4) is 0 Å². The summed E-state index contributed by atoms with van der Waals surface area (Å²) in [6.07, 6.45) is 5.41. The lowest BCUT2D eigenvalue weighted by Crippen LogP contribution is -2.50. The standard InChI is InChI=1S/C18H28N2O3S/c1-13-10-11-14(2)17(12-13)20(24(5,22)23)15(3)18(21)19(4)16-8-6-7-9-16/h10-12,15-16H,6-9H2,1-5H3/t15-/m0/s1. The van der Waals surface area contributed by atoms with Crippen LogP contribution in [0.15, 0.2) is 18.2 Å². The predicted octanol–water partition coefficient (Wildman–Crippen LogP) is 2.86. The third-order valence-corrected chi connectivity index (χ3v) is 6.12. The van der Waals surface area contributed by atoms with Crippen LogP contribution >= 0.6 is 0 Å². The van der Waals surface area contributed by atoms with Gasteiger partial charge >= 0.3 is 0 Å². The molecule has 0 aromatic heterocycles. The molecular formula is C18H28N2O3S. The highest BCUT2D eigenvalue weighted by molar-refractivity contribution is 7.92. The van der Waals surface area contributed by atoms with E-state index in [1.807, 2.05) is 32.0 Å². The summed E-state index contributed by atoms with van der Waals surface area (Å²) in [6.45, 7) is 5.46. The molecule has 1 atom stereocenters. The van der Waals surface area contributed by atoms with Crippen molar-refractivity contribution in [2.45, 2.75) is 58.5 Å². The predicted molar refractivity (Wildman–Crippen MR) is 97.7 cm³/mol. The van der Waals surface area contributed by atoms with Crippen molar-refractivity contribution < 1.29 is 13.2 Å². The second kappa shape index (κ2) is 7.13. The van der Waals surface area contributed by atoms with Gasteiger partial charge in [-0.15, -0.1) is 0 Å². The number of carbonyl (C=O) groups is 1. The van der Waals surface area contributed by atoms with Crippen molar-refractivity contribution in [2.24, 2.45) is 0 Å². The Hall–Kier alpha value is -1.56. The lowest BCUT2D eigenvalue weighted by molar-refractivity contribution is -0.132. The van der Waals surface area contributed by atoms with Crippen LogP contribution in [0, 0.1) is 13.8 Å². The minimum absolute atomic E-state index is 0.145. The number of aryl methyl sites for hydroxylation is 2. The Kier molecular flexibility index (Phi) is 5.58. The number of hydrogen-bond donors (Lipinski definition) is 0. The van der Waals surface area contributed by atoms with Crippen LogP contribution in [-0.2, 0) is 14.8 Å². The lowest BCUT2D eigenvalue weighted by Gasteiger charge is -2.34. The van der Waals surface area contributed by atoms with Gasteiger partial charge in [0.15, 0.2) is 0 Å². The van der Waals surface area contributed by atoms with Gasteiger partial charge in [-0.2, -0.15) is 0 Å². The Morgan fingerprint density at radius 3 is 2.33 bits per heavy atom. The van der Waals surface area contributed by atoms with Gasteiger partial charge in [-0.3, -0.25) is 9.10 Å². The average molecular weight is 353 g/mol. The summed E-state index contributed by atoms with van der Waals surface area (Å²) in [5, 5.41) is 0. The zero-order chi connectivity index (χ0) is 18.1. The molecule has 0 aliphatic heterocycles. The number of anilines is 1. The molecular weight excluding hydrogens is 324 g/mol. The van der Waals surface area contributed by atoms with Gasteiger partial charge in [0.2, 0.25) is 15.9 Å². The third kappa shape index (κ3) is 3.91. The summed E-state index contributed by atoms with van der Waals surface area (Å²) in [5.74, 6) is -0.145. The van der Waals surface area contributed by atoms with Gasteiger partial charge < -0.3 is 4.90 Å². The van der Waals surface area contributed by atoms with E-state index in [0.29, 0.717) is 5.69 Å². The minimum Gasteiger partial charge on any atom is -0.341 e. The molecule has 2 rings (SSSR count). The van der Waals surface area contributed by atoms with Crippen molar-refractivity contribution in [3.63, 3.8) is 0 Å². The molecule has 0 heterocycles. The molecule has 6 heteroatoms. The van der Waals surface area contributed by atoms with E-state index in [1.165, 1.54) is 4.31 Å². The zero-order valence-electron chi connectivity index (χ0n) is 15.2. The van der Waals surface area contributed by atoms with Crippen molar-refractivity contribution >= 4 is 21.6 Å². The van der Waals surface area contributed by atoms with Crippen molar-refractivity contribution in [3.05, 3.63) is 29.3 Å². The molecule has 0 N–H and O–H groups in total. The number of likely N-dealkylation sites (N-methyl/N-ethyl adjacent to an activating group) is 1. The van der Waals surface area contributed by atoms with E-state index in [9.17, 15) is 13.2 Å². The molecule has 1 aliphatic carbocycles. The molecule has 5 nitrogen and oxygen atoms in total. The van der Waals surface area contributed by atoms with Gasteiger partial charge in [0.25, 0.3) is 0 Å². The van der Waals surface area contributed by atoms with E-state index >= 15 is 0 Å². The first kappa shape index (κ1) is 18.8. The maximum absolute atomic E-state index is 12.9. The van der Waals surface area contributed by atoms with Gasteiger partial charge in [0.1, 0.15) is 6.04 Å². The fourth-order valence-electron chi connectivity index (χ4n) is 3.50. The summed E-state index contributed by atoms with van der Waals surface area (Å²) in [7, 11) is -1.78. The van der Waals surface area contributed by atoms with Gasteiger partial charge in [-0.05, 0) is 50.8 Å². The van der Waals surface area contributed by atoms with Crippen molar-refractivity contribution in [1.29, 1.82) is 0 Å². The number of amides is 1. The maximum atomic E-state index is 12.9. The highest BCUT2D eigenvalue weighted by atomic mass is 32.2. The summed E-state index contributed by atoms with van der Waals surface area (Å²) in [5.41, 5.74) is 2.39. The molecule has 0 spiro atoms. The molecule has 0 radical (unpaired) electrons. The molecule has 1 fully saturated rings. The number of hydrogen-bond acceptors (Lipinski definition) is 3. The second-order valence-corrected chi connectivity index (χ2v) is 8.77. The minimum atomic E-state index is -3.57. The topological polar surface area (TPSA) is 57.7 Å². The van der Waals surface area contributed by atoms with E-state index in [-0.39, 0.29) is 11.9 Å². The van der Waals surface area contributed by atoms with Crippen molar-refractivity contribution in [3.8, 4) is 0 Å². The summed E-state index contributed by atoms with van der Waals surface area (Å²) < 4.78 is 26.1. The van der Waals surface area contributed by atoms with E-state index in [1.54, 1.807) is 18.9 Å². The molecule has 24 heavy (non-hydrogen) atoms. The van der Waals surface area contributed by atoms with Gasteiger partial charge in [0.05, 0.1) is 11.9 Å². The molecule has 1 saturated carbocycles. The first-order chi connectivity index (χ1) is 11.1. The van der Waals surface area contributed by atoms with Crippen molar-refractivity contribution in [1.82, 2.24) is 4.90 Å². The molecule has 1 aromatic rings. The number of benzene rings is 1. The van der Waals surface area contributed by atoms with Crippen LogP contribution in [0.4, 0.5) is 5.69 Å². The summed E-state index contributed by atoms with van der Waals surface area (Å²) >= 11 is 0. The Labute approximate surface area is 145 Å². The largest absolute Gasteiger partial charge is 0.341 e. The molecule has 1 aliphatic rings. The number of nitrogens with zero attached hydrogens (tertiary/aromatic N) is 2. The van der Waals surface area contributed by atoms with Crippen LogP contribution in [0.25, 0.3) is 0 Å². The van der Waals surface area contributed by atoms with Crippen LogP contribution in [0.5, 0.6) is 0 Å². The maximum Gasteiger partial charge on any atom is 0.246 e. The van der Waals surface area contributed by atoms with Gasteiger partial charge in [0, 0.05) is 13.1 Å². The Bertz CT molecular complexity index is 709. The van der Waals surface area contributed by atoms with Crippen LogP contribution in [0.2, 0.25) is 0 Å². The second-order valence-electron chi connectivity index (χ2n) is 6.91. The first-order valence-electron chi connectivity index (χ1n) is 8.46. The van der Waals surface area contributed by atoms with E-state index in [4.69, 9.17) is 0 Å². The molecule has 134 valence electrons. The normalized spacial score (nSPS) is 16.9. The monoisotopic (exact) mass is 352 g/mol. The fraction of sp³-hybridized carbons (Fsp3) is 0.611. The number of carbonyl (C=O) groups excluding carboxylic acids is 1. The Morgan fingerprint density at radius 2 is 1.79 bits per heavy atom. The first-order valence-corrected chi connectivity index (χ1v) is 10.3. The molecule has 0 unspecified atom stereocenters. The molecule has 1 aromatic carbocycles. The molecule has 0 bridgehead atoms. The number of sulfonamides is 1. The van der Waals surface area contributed by atoms with Crippen LogP contribution in [0.1, 0.15) is 43.7 Å². The summed E-state index contributed by atoms with van der Waals surface area (Å²) in [4.78, 5) is 14.6. The third-order valence-electron chi connectivity index (χ3n) is 4.89. The van der Waals surface area contributed by atoms with Gasteiger partial charge in [-0.1, -0.05) is 25.0 Å². The van der Waals surface area contributed by atoms with Crippen LogP contribution in [-0.4, -0.2) is 44.6 Å². The van der Waals surface area contributed by atoms with Crippen LogP contribution < -0.4 is 4.31 Å². The highest BCUT2D eigenvalue weighted by Gasteiger charge is 2.34. The van der Waals surface area contributed by atoms with Gasteiger partial charge in [-0.25, -0.2) is 8.42 Å². The SMILES string of the molecule is Cc1ccc(C)c(N([C@@H](C)C(=O)N(C)C2CCCC2)S(C)(=O)=O)c1. The summed E-state index contributed by atoms with van der Waals surface area (Å²) in [6, 6.07) is 5.12. The molecule has 0 saturated heterocycles. The lowest BCUT2D eigenvalue weighted by atomic mass is 10.1. The smallest absolute Gasteiger partial charge is 0.246 e. The molecule has 1 amide bonds. The Morgan fingerprint density at radius 1 is 1.21 bits per heavy atom. The van der Waals surface area contributed by atoms with E-state index in [2.05, 4.69) is 0 Å². The fourth-order valence-corrected chi connectivity index (χ4v) is 4.72. The zero-order valence-corrected chi connectivity index (χ0v) is 16.1. The van der Waals surface area contributed by atoms with E-state index in [0.717, 1.165) is 43.1 Å². The van der Waals surface area contributed by atoms with E-state index < -0.39 is 16.1 Å². The average Bonchev–Trinajstić information content (AvgIpc) is 3.02. The highest BCUT2D eigenvalue weighted by Crippen LogP contribution is 2.28. The quantitative estimate of drug-likeness (QED) is 0.819. The number of rotatable bonds is 5. The Balaban J connectivity index is 2.37. The van der Waals surface area contributed by atoms with Crippen molar-refractivity contribution in [2.75, 3.05) is 17.6 Å².